The second kappa shape index (κ2) is 8.70. The van der Waals surface area contributed by atoms with Gasteiger partial charge in [0.05, 0.1) is 13.0 Å². The molecule has 0 bridgehead atoms. The van der Waals surface area contributed by atoms with Gasteiger partial charge in [-0.15, -0.1) is 0 Å². The molecule has 0 aliphatic carbocycles. The highest BCUT2D eigenvalue weighted by atomic mass is 16.7. The van der Waals surface area contributed by atoms with Crippen molar-refractivity contribution in [3.8, 4) is 0 Å². The summed E-state index contributed by atoms with van der Waals surface area (Å²) >= 11 is 0. The number of benzene rings is 3. The smallest absolute Gasteiger partial charge is 0.169 e. The SMILES string of the molecule is CO[C@@H]1CC(=O)[C@@H](COC(c2ccccc2)(c2ccccc2)c2ccccc2)O1. The molecule has 1 aliphatic rings. The minimum atomic E-state index is -0.863. The lowest BCUT2D eigenvalue weighted by molar-refractivity contribution is -0.146. The molecular weight excluding hydrogens is 364 g/mol. The summed E-state index contributed by atoms with van der Waals surface area (Å²) in [5.41, 5.74) is 2.11. The van der Waals surface area contributed by atoms with Crippen molar-refractivity contribution in [2.45, 2.75) is 24.4 Å². The minimum absolute atomic E-state index is 0.0000602. The van der Waals surface area contributed by atoms with Crippen molar-refractivity contribution in [2.24, 2.45) is 0 Å². The molecule has 0 aromatic heterocycles. The van der Waals surface area contributed by atoms with Crippen molar-refractivity contribution in [1.29, 1.82) is 0 Å². The Bertz CT molecular complexity index is 828. The summed E-state index contributed by atoms with van der Waals surface area (Å²) in [6.45, 7) is 0.136. The molecule has 4 rings (SSSR count). The maximum absolute atomic E-state index is 12.4. The first-order valence-corrected chi connectivity index (χ1v) is 9.75. The predicted octanol–water partition coefficient (Wildman–Crippen LogP) is 4.33. The minimum Gasteiger partial charge on any atom is -0.358 e. The van der Waals surface area contributed by atoms with Crippen LogP contribution in [-0.2, 0) is 24.6 Å². The third kappa shape index (κ3) is 3.87. The molecule has 1 heterocycles. The summed E-state index contributed by atoms with van der Waals surface area (Å²) in [5.74, 6) is -0.0000602. The fourth-order valence-electron chi connectivity index (χ4n) is 3.84. The summed E-state index contributed by atoms with van der Waals surface area (Å²) in [4.78, 5) is 12.4. The van der Waals surface area contributed by atoms with E-state index in [1.54, 1.807) is 7.11 Å². The first-order chi connectivity index (χ1) is 14.2. The molecule has 3 aromatic rings. The standard InChI is InChI=1S/C25H24O4/c1-27-24-17-22(26)23(29-24)18-28-25(19-11-5-2-6-12-19,20-13-7-3-8-14-20)21-15-9-4-10-16-21/h2-16,23-24H,17-18H2,1H3/t23-,24+/m1/s1. The first kappa shape index (κ1) is 19.5. The first-order valence-electron chi connectivity index (χ1n) is 9.75. The molecule has 0 unspecified atom stereocenters. The highest BCUT2D eigenvalue weighted by Gasteiger charge is 2.41. The molecule has 1 fully saturated rings. The lowest BCUT2D eigenvalue weighted by Gasteiger charge is -2.36. The number of ketones is 1. The van der Waals surface area contributed by atoms with Crippen LogP contribution in [0.15, 0.2) is 91.0 Å². The molecule has 1 saturated heterocycles. The van der Waals surface area contributed by atoms with Crippen LogP contribution in [0.5, 0.6) is 0 Å². The monoisotopic (exact) mass is 388 g/mol. The molecule has 29 heavy (non-hydrogen) atoms. The number of ether oxygens (including phenoxy) is 3. The lowest BCUT2D eigenvalue weighted by atomic mass is 9.80. The van der Waals surface area contributed by atoms with Gasteiger partial charge in [0.25, 0.3) is 0 Å². The summed E-state index contributed by atoms with van der Waals surface area (Å²) < 4.78 is 17.6. The molecule has 0 spiro atoms. The Morgan fingerprint density at radius 3 is 1.66 bits per heavy atom. The Hall–Kier alpha value is -2.79. The van der Waals surface area contributed by atoms with Gasteiger partial charge >= 0.3 is 0 Å². The van der Waals surface area contributed by atoms with Gasteiger partial charge in [0.15, 0.2) is 12.1 Å². The Kier molecular flexibility index (Phi) is 5.86. The summed E-state index contributed by atoms with van der Waals surface area (Å²) in [6.07, 6.45) is -0.898. The second-order valence-electron chi connectivity index (χ2n) is 7.05. The molecule has 0 amide bonds. The normalized spacial score (nSPS) is 19.4. The molecule has 148 valence electrons. The molecule has 0 N–H and O–H groups in total. The molecular formula is C25H24O4. The molecule has 2 atom stereocenters. The number of rotatable bonds is 7. The third-order valence-corrected chi connectivity index (χ3v) is 5.30. The van der Waals surface area contributed by atoms with Gasteiger partial charge in [0.1, 0.15) is 11.7 Å². The zero-order chi connectivity index (χ0) is 20.1. The number of hydrogen-bond donors (Lipinski definition) is 0. The predicted molar refractivity (Wildman–Crippen MR) is 110 cm³/mol. The Morgan fingerprint density at radius 2 is 1.28 bits per heavy atom. The van der Waals surface area contributed by atoms with E-state index >= 15 is 0 Å². The van der Waals surface area contributed by atoms with Crippen molar-refractivity contribution in [3.63, 3.8) is 0 Å². The maximum atomic E-state index is 12.4. The van der Waals surface area contributed by atoms with Gasteiger partial charge in [-0.3, -0.25) is 4.79 Å². The van der Waals surface area contributed by atoms with Crippen LogP contribution >= 0.6 is 0 Å². The van der Waals surface area contributed by atoms with Gasteiger partial charge < -0.3 is 14.2 Å². The van der Waals surface area contributed by atoms with Crippen LogP contribution in [0.4, 0.5) is 0 Å². The van der Waals surface area contributed by atoms with Gasteiger partial charge in [-0.2, -0.15) is 0 Å². The van der Waals surface area contributed by atoms with Crippen LogP contribution in [-0.4, -0.2) is 31.9 Å². The van der Waals surface area contributed by atoms with E-state index in [0.717, 1.165) is 16.7 Å². The molecule has 4 nitrogen and oxygen atoms in total. The van der Waals surface area contributed by atoms with Gasteiger partial charge in [0.2, 0.25) is 0 Å². The highest BCUT2D eigenvalue weighted by molar-refractivity contribution is 5.85. The van der Waals surface area contributed by atoms with E-state index in [2.05, 4.69) is 36.4 Å². The Labute approximate surface area is 171 Å². The van der Waals surface area contributed by atoms with Crippen LogP contribution in [0.2, 0.25) is 0 Å². The fraction of sp³-hybridized carbons (Fsp3) is 0.240. The Balaban J connectivity index is 1.79. The van der Waals surface area contributed by atoms with Crippen molar-refractivity contribution in [3.05, 3.63) is 108 Å². The van der Waals surface area contributed by atoms with E-state index in [1.165, 1.54) is 0 Å². The fourth-order valence-corrected chi connectivity index (χ4v) is 3.84. The third-order valence-electron chi connectivity index (χ3n) is 5.30. The largest absolute Gasteiger partial charge is 0.358 e. The number of Topliss-reactive ketones (excluding diaryl/α,β-unsaturated/α-hetero) is 1. The van der Waals surface area contributed by atoms with E-state index in [9.17, 15) is 4.79 Å². The van der Waals surface area contributed by atoms with Crippen LogP contribution < -0.4 is 0 Å². The van der Waals surface area contributed by atoms with Gasteiger partial charge in [-0.05, 0) is 16.7 Å². The summed E-state index contributed by atoms with van der Waals surface area (Å²) in [6, 6.07) is 30.2. The maximum Gasteiger partial charge on any atom is 0.169 e. The van der Waals surface area contributed by atoms with E-state index in [0.29, 0.717) is 0 Å². The summed E-state index contributed by atoms with van der Waals surface area (Å²) in [5, 5.41) is 0. The van der Waals surface area contributed by atoms with Crippen LogP contribution in [0.1, 0.15) is 23.1 Å². The molecule has 1 aliphatic heterocycles. The Morgan fingerprint density at radius 1 is 0.828 bits per heavy atom. The molecule has 0 radical (unpaired) electrons. The second-order valence-corrected chi connectivity index (χ2v) is 7.05. The van der Waals surface area contributed by atoms with E-state index < -0.39 is 18.0 Å². The van der Waals surface area contributed by atoms with E-state index in [1.807, 2.05) is 54.6 Å². The zero-order valence-electron chi connectivity index (χ0n) is 16.4. The summed E-state index contributed by atoms with van der Waals surface area (Å²) in [7, 11) is 1.55. The van der Waals surface area contributed by atoms with E-state index in [-0.39, 0.29) is 18.8 Å². The molecule has 0 saturated carbocycles. The number of carbonyl (C=O) groups excluding carboxylic acids is 1. The van der Waals surface area contributed by atoms with Gasteiger partial charge in [0, 0.05) is 7.11 Å². The number of carbonyl (C=O) groups is 1. The average Bonchev–Trinajstić information content (AvgIpc) is 3.16. The quantitative estimate of drug-likeness (QED) is 0.565. The average molecular weight is 388 g/mol. The van der Waals surface area contributed by atoms with Crippen molar-refractivity contribution >= 4 is 5.78 Å². The van der Waals surface area contributed by atoms with E-state index in [4.69, 9.17) is 14.2 Å². The van der Waals surface area contributed by atoms with Crippen LogP contribution in [0, 0.1) is 0 Å². The lowest BCUT2D eigenvalue weighted by Crippen LogP contribution is -2.37. The number of hydrogen-bond acceptors (Lipinski definition) is 4. The van der Waals surface area contributed by atoms with Crippen molar-refractivity contribution in [1.82, 2.24) is 0 Å². The highest BCUT2D eigenvalue weighted by Crippen LogP contribution is 2.40. The van der Waals surface area contributed by atoms with Crippen LogP contribution in [0.3, 0.4) is 0 Å². The van der Waals surface area contributed by atoms with Crippen molar-refractivity contribution in [2.75, 3.05) is 13.7 Å². The molecule has 4 heteroatoms. The number of methoxy groups -OCH3 is 1. The van der Waals surface area contributed by atoms with Gasteiger partial charge in [-0.25, -0.2) is 0 Å². The topological polar surface area (TPSA) is 44.8 Å². The zero-order valence-corrected chi connectivity index (χ0v) is 16.4. The van der Waals surface area contributed by atoms with Crippen molar-refractivity contribution < 1.29 is 19.0 Å². The molecule has 3 aromatic carbocycles. The van der Waals surface area contributed by atoms with Gasteiger partial charge in [-0.1, -0.05) is 91.0 Å². The van der Waals surface area contributed by atoms with Crippen LogP contribution in [0.25, 0.3) is 0 Å².